The average molecular weight is 343 g/mol. The highest BCUT2D eigenvalue weighted by atomic mass is 79.9. The third-order valence-electron chi connectivity index (χ3n) is 2.96. The summed E-state index contributed by atoms with van der Waals surface area (Å²) in [5.41, 5.74) is 0. The minimum absolute atomic E-state index is 0.526. The molecule has 1 N–H and O–H groups in total. The monoisotopic (exact) mass is 342 g/mol. The molecule has 1 aromatic rings. The van der Waals surface area contributed by atoms with E-state index < -0.39 is 0 Å². The second-order valence-corrected chi connectivity index (χ2v) is 6.76. The van der Waals surface area contributed by atoms with Gasteiger partial charge in [-0.25, -0.2) is 0 Å². The molecule has 4 heteroatoms. The van der Waals surface area contributed by atoms with Crippen LogP contribution in [-0.4, -0.2) is 44.7 Å². The summed E-state index contributed by atoms with van der Waals surface area (Å²) in [7, 11) is 4.24. The molecule has 1 atom stereocenters. The summed E-state index contributed by atoms with van der Waals surface area (Å²) in [5, 5.41) is 3.59. The molecule has 0 aliphatic carbocycles. The molecule has 0 heterocycles. The van der Waals surface area contributed by atoms with Crippen LogP contribution >= 0.6 is 15.9 Å². The number of rotatable bonds is 9. The predicted octanol–water partition coefficient (Wildman–Crippen LogP) is 3.39. The molecule has 1 unspecified atom stereocenters. The van der Waals surface area contributed by atoms with Crippen molar-refractivity contribution in [3.05, 3.63) is 28.7 Å². The maximum atomic E-state index is 5.72. The molecule has 1 aromatic carbocycles. The molecule has 0 fully saturated rings. The van der Waals surface area contributed by atoms with Crippen LogP contribution in [0.5, 0.6) is 5.75 Å². The molecule has 3 nitrogen and oxygen atoms in total. The summed E-state index contributed by atoms with van der Waals surface area (Å²) >= 11 is 3.42. The molecule has 0 saturated heterocycles. The van der Waals surface area contributed by atoms with Gasteiger partial charge in [-0.05, 0) is 50.7 Å². The number of likely N-dealkylation sites (N-methyl/N-ethyl adjacent to an activating group) is 1. The fraction of sp³-hybridized carbons (Fsp3) is 0.625. The topological polar surface area (TPSA) is 24.5 Å². The van der Waals surface area contributed by atoms with Gasteiger partial charge in [-0.2, -0.15) is 0 Å². The number of benzene rings is 1. The molecule has 0 aliphatic heterocycles. The molecule has 0 aliphatic rings. The Labute approximate surface area is 131 Å². The smallest absolute Gasteiger partial charge is 0.119 e. The summed E-state index contributed by atoms with van der Waals surface area (Å²) in [6.07, 6.45) is 1.19. The van der Waals surface area contributed by atoms with Crippen LogP contribution in [-0.2, 0) is 0 Å². The lowest BCUT2D eigenvalue weighted by atomic mass is 10.0. The summed E-state index contributed by atoms with van der Waals surface area (Å²) in [6, 6.07) is 8.48. The molecule has 1 rings (SSSR count). The van der Waals surface area contributed by atoms with Gasteiger partial charge in [-0.3, -0.25) is 0 Å². The highest BCUT2D eigenvalue weighted by molar-refractivity contribution is 9.10. The van der Waals surface area contributed by atoms with Crippen molar-refractivity contribution >= 4 is 15.9 Å². The van der Waals surface area contributed by atoms with Crippen molar-refractivity contribution in [2.75, 3.05) is 33.8 Å². The molecule has 0 amide bonds. The number of hydrogen-bond acceptors (Lipinski definition) is 3. The lowest BCUT2D eigenvalue weighted by Crippen LogP contribution is -2.41. The van der Waals surface area contributed by atoms with E-state index in [2.05, 4.69) is 54.1 Å². The minimum atomic E-state index is 0.526. The predicted molar refractivity (Wildman–Crippen MR) is 89.4 cm³/mol. The van der Waals surface area contributed by atoms with Gasteiger partial charge >= 0.3 is 0 Å². The van der Waals surface area contributed by atoms with Crippen LogP contribution in [0.2, 0.25) is 0 Å². The highest BCUT2D eigenvalue weighted by Crippen LogP contribution is 2.15. The van der Waals surface area contributed by atoms with Crippen LogP contribution in [0.1, 0.15) is 20.3 Å². The summed E-state index contributed by atoms with van der Waals surface area (Å²) < 4.78 is 6.80. The molecular weight excluding hydrogens is 316 g/mol. The quantitative estimate of drug-likeness (QED) is 0.696. The lowest BCUT2D eigenvalue weighted by molar-refractivity contribution is 0.270. The molecule has 0 bridgehead atoms. The van der Waals surface area contributed by atoms with Gasteiger partial charge in [0.25, 0.3) is 0 Å². The van der Waals surface area contributed by atoms with E-state index in [1.165, 1.54) is 6.42 Å². The third kappa shape index (κ3) is 7.88. The molecular formula is C16H27BrN2O. The van der Waals surface area contributed by atoms with Crippen LogP contribution in [0.4, 0.5) is 0 Å². The van der Waals surface area contributed by atoms with Crippen molar-refractivity contribution in [1.82, 2.24) is 10.2 Å². The lowest BCUT2D eigenvalue weighted by Gasteiger charge is -2.24. The van der Waals surface area contributed by atoms with Gasteiger partial charge in [0.1, 0.15) is 12.4 Å². The maximum absolute atomic E-state index is 5.72. The van der Waals surface area contributed by atoms with E-state index in [-0.39, 0.29) is 0 Å². The van der Waals surface area contributed by atoms with E-state index in [4.69, 9.17) is 4.74 Å². The largest absolute Gasteiger partial charge is 0.492 e. The maximum Gasteiger partial charge on any atom is 0.119 e. The zero-order chi connectivity index (χ0) is 15.0. The van der Waals surface area contributed by atoms with Crippen molar-refractivity contribution in [3.8, 4) is 5.75 Å². The van der Waals surface area contributed by atoms with Crippen molar-refractivity contribution < 1.29 is 4.74 Å². The van der Waals surface area contributed by atoms with Crippen LogP contribution in [0, 0.1) is 5.92 Å². The van der Waals surface area contributed by atoms with Crippen molar-refractivity contribution in [1.29, 1.82) is 0 Å². The van der Waals surface area contributed by atoms with Crippen LogP contribution in [0.3, 0.4) is 0 Å². The number of nitrogens with one attached hydrogen (secondary N) is 1. The van der Waals surface area contributed by atoms with Gasteiger partial charge < -0.3 is 15.0 Å². The second-order valence-electron chi connectivity index (χ2n) is 5.85. The van der Waals surface area contributed by atoms with E-state index in [9.17, 15) is 0 Å². The molecule has 20 heavy (non-hydrogen) atoms. The fourth-order valence-corrected chi connectivity index (χ4v) is 2.46. The Morgan fingerprint density at radius 3 is 2.40 bits per heavy atom. The Balaban J connectivity index is 2.27. The van der Waals surface area contributed by atoms with Crippen molar-refractivity contribution in [2.45, 2.75) is 26.3 Å². The van der Waals surface area contributed by atoms with Gasteiger partial charge in [-0.1, -0.05) is 29.8 Å². The Morgan fingerprint density at radius 2 is 1.85 bits per heavy atom. The van der Waals surface area contributed by atoms with Gasteiger partial charge in [0.15, 0.2) is 0 Å². The third-order valence-corrected chi connectivity index (χ3v) is 3.49. The summed E-state index contributed by atoms with van der Waals surface area (Å²) in [5.74, 6) is 1.63. The van der Waals surface area contributed by atoms with Crippen LogP contribution < -0.4 is 10.1 Å². The Morgan fingerprint density at radius 1 is 1.20 bits per heavy atom. The molecule has 0 saturated carbocycles. The first kappa shape index (κ1) is 17.5. The van der Waals surface area contributed by atoms with E-state index in [0.717, 1.165) is 23.3 Å². The summed E-state index contributed by atoms with van der Waals surface area (Å²) in [4.78, 5) is 2.23. The van der Waals surface area contributed by atoms with Gasteiger partial charge in [-0.15, -0.1) is 0 Å². The zero-order valence-electron chi connectivity index (χ0n) is 13.0. The van der Waals surface area contributed by atoms with E-state index in [1.807, 2.05) is 24.3 Å². The van der Waals surface area contributed by atoms with Gasteiger partial charge in [0.2, 0.25) is 0 Å². The zero-order valence-corrected chi connectivity index (χ0v) is 14.6. The van der Waals surface area contributed by atoms with Crippen molar-refractivity contribution in [3.63, 3.8) is 0 Å². The number of ether oxygens (including phenoxy) is 1. The molecule has 0 aromatic heterocycles. The Hall–Kier alpha value is -0.580. The fourth-order valence-electron chi connectivity index (χ4n) is 2.19. The minimum Gasteiger partial charge on any atom is -0.492 e. The first-order chi connectivity index (χ1) is 9.47. The average Bonchev–Trinajstić information content (AvgIpc) is 2.35. The van der Waals surface area contributed by atoms with Crippen LogP contribution in [0.15, 0.2) is 28.7 Å². The van der Waals surface area contributed by atoms with Crippen LogP contribution in [0.25, 0.3) is 0 Å². The number of nitrogens with zero attached hydrogens (tertiary/aromatic N) is 1. The molecule has 0 radical (unpaired) electrons. The first-order valence-corrected chi connectivity index (χ1v) is 8.03. The molecule has 0 spiro atoms. The van der Waals surface area contributed by atoms with E-state index in [1.54, 1.807) is 0 Å². The van der Waals surface area contributed by atoms with Crippen molar-refractivity contribution in [2.24, 2.45) is 5.92 Å². The normalized spacial score (nSPS) is 12.9. The van der Waals surface area contributed by atoms with Gasteiger partial charge in [0, 0.05) is 23.6 Å². The van der Waals surface area contributed by atoms with Gasteiger partial charge in [0.05, 0.1) is 0 Å². The summed E-state index contributed by atoms with van der Waals surface area (Å²) in [6.45, 7) is 7.17. The number of hydrogen-bond donors (Lipinski definition) is 1. The first-order valence-electron chi connectivity index (χ1n) is 7.24. The van der Waals surface area contributed by atoms with E-state index >= 15 is 0 Å². The standard InChI is InChI=1S/C16H27BrN2O/c1-13(2)11-15(12-19(3)4)18-9-10-20-16-7-5-14(17)6-8-16/h5-8,13,15,18H,9-12H2,1-4H3. The molecule has 114 valence electrons. The number of halogens is 1. The SMILES string of the molecule is CC(C)CC(CN(C)C)NCCOc1ccc(Br)cc1. The second kappa shape index (κ2) is 9.37. The Bertz CT molecular complexity index is 355. The highest BCUT2D eigenvalue weighted by Gasteiger charge is 2.11. The Kier molecular flexibility index (Phi) is 8.19. The van der Waals surface area contributed by atoms with E-state index in [0.29, 0.717) is 18.6 Å².